The Morgan fingerprint density at radius 2 is 1.90 bits per heavy atom. The van der Waals surface area contributed by atoms with Crippen LogP contribution in [0.15, 0.2) is 18.2 Å². The number of hydrogen-bond acceptors (Lipinski definition) is 5. The van der Waals surface area contributed by atoms with Crippen LogP contribution in [0.2, 0.25) is 0 Å². The van der Waals surface area contributed by atoms with E-state index in [-0.39, 0.29) is 5.50 Å². The smallest absolute Gasteiger partial charge is 0.231 e. The van der Waals surface area contributed by atoms with Crippen molar-refractivity contribution in [2.24, 2.45) is 0 Å². The van der Waals surface area contributed by atoms with Crippen molar-refractivity contribution in [2.75, 3.05) is 33.0 Å². The lowest BCUT2D eigenvalue weighted by Crippen LogP contribution is -2.51. The minimum Gasteiger partial charge on any atom is -0.454 e. The van der Waals surface area contributed by atoms with Gasteiger partial charge in [0.25, 0.3) is 0 Å². The van der Waals surface area contributed by atoms with Crippen molar-refractivity contribution < 1.29 is 14.6 Å². The second-order valence-electron chi connectivity index (χ2n) is 5.61. The molecule has 2 atom stereocenters. The maximum absolute atomic E-state index is 9.55. The maximum Gasteiger partial charge on any atom is 0.231 e. The van der Waals surface area contributed by atoms with E-state index in [9.17, 15) is 5.11 Å². The molecule has 21 heavy (non-hydrogen) atoms. The zero-order valence-electron chi connectivity index (χ0n) is 12.2. The Morgan fingerprint density at radius 1 is 1.19 bits per heavy atom. The summed E-state index contributed by atoms with van der Waals surface area (Å²) in [5.74, 6) is 1.66. The van der Waals surface area contributed by atoms with Gasteiger partial charge < -0.3 is 14.6 Å². The topological polar surface area (TPSA) is 45.2 Å². The number of aliphatic hydroxyl groups excluding tert-OH is 1. The highest BCUT2D eigenvalue weighted by Gasteiger charge is 2.25. The third-order valence-corrected chi connectivity index (χ3v) is 4.64. The largest absolute Gasteiger partial charge is 0.454 e. The summed E-state index contributed by atoms with van der Waals surface area (Å²) in [5.41, 5.74) is 0.934. The van der Waals surface area contributed by atoms with Crippen LogP contribution in [0.1, 0.15) is 12.5 Å². The predicted octanol–water partition coefficient (Wildman–Crippen LogP) is 1.48. The van der Waals surface area contributed by atoms with Gasteiger partial charge in [0, 0.05) is 32.7 Å². The predicted molar refractivity (Wildman–Crippen MR) is 80.7 cm³/mol. The van der Waals surface area contributed by atoms with E-state index in [1.54, 1.807) is 6.92 Å². The van der Waals surface area contributed by atoms with Crippen molar-refractivity contribution in [3.05, 3.63) is 23.8 Å². The molecule has 2 unspecified atom stereocenters. The van der Waals surface area contributed by atoms with Crippen LogP contribution in [-0.2, 0) is 6.54 Å². The number of nitrogens with zero attached hydrogens (tertiary/aromatic N) is 2. The summed E-state index contributed by atoms with van der Waals surface area (Å²) in [4.78, 5) is 4.52. The first-order chi connectivity index (χ1) is 10.1. The Morgan fingerprint density at radius 3 is 2.62 bits per heavy atom. The standard InChI is InChI=1S/C15H21ClN2O3/c1-11(19)15(16)18-6-4-17(5-7-18)9-12-2-3-13-14(8-12)21-10-20-13/h2-3,8,11,15,19H,4-7,9-10H2,1H3. The quantitative estimate of drug-likeness (QED) is 0.674. The fourth-order valence-corrected chi connectivity index (χ4v) is 2.97. The number of benzene rings is 1. The molecule has 0 amide bonds. The van der Waals surface area contributed by atoms with E-state index >= 15 is 0 Å². The summed E-state index contributed by atoms with van der Waals surface area (Å²) in [7, 11) is 0. The Labute approximate surface area is 130 Å². The van der Waals surface area contributed by atoms with E-state index in [0.29, 0.717) is 6.79 Å². The minimum absolute atomic E-state index is 0.294. The second-order valence-corrected chi connectivity index (χ2v) is 6.06. The molecule has 2 heterocycles. The molecule has 3 rings (SSSR count). The van der Waals surface area contributed by atoms with Crippen LogP contribution in [-0.4, -0.2) is 59.5 Å². The first kappa shape index (κ1) is 14.9. The average Bonchev–Trinajstić information content (AvgIpc) is 2.95. The molecule has 1 aromatic rings. The van der Waals surface area contributed by atoms with Gasteiger partial charge in [-0.1, -0.05) is 6.07 Å². The lowest BCUT2D eigenvalue weighted by molar-refractivity contribution is 0.0600. The number of rotatable bonds is 4. The van der Waals surface area contributed by atoms with Crippen LogP contribution < -0.4 is 9.47 Å². The highest BCUT2D eigenvalue weighted by molar-refractivity contribution is 6.20. The Balaban J connectivity index is 1.53. The van der Waals surface area contributed by atoms with Crippen LogP contribution in [0.5, 0.6) is 11.5 Å². The molecular weight excluding hydrogens is 292 g/mol. The summed E-state index contributed by atoms with van der Waals surface area (Å²) in [6.07, 6.45) is -0.507. The number of hydrogen-bond donors (Lipinski definition) is 1. The van der Waals surface area contributed by atoms with Crippen LogP contribution in [0.4, 0.5) is 0 Å². The molecule has 0 saturated carbocycles. The highest BCUT2D eigenvalue weighted by Crippen LogP contribution is 2.32. The van der Waals surface area contributed by atoms with Gasteiger partial charge in [-0.15, -0.1) is 11.6 Å². The molecule has 0 spiro atoms. The molecule has 1 N–H and O–H groups in total. The second kappa shape index (κ2) is 6.40. The van der Waals surface area contributed by atoms with Crippen molar-refractivity contribution in [3.63, 3.8) is 0 Å². The summed E-state index contributed by atoms with van der Waals surface area (Å²) in [5, 5.41) is 9.55. The van der Waals surface area contributed by atoms with Gasteiger partial charge in [0.2, 0.25) is 6.79 Å². The molecule has 6 heteroatoms. The van der Waals surface area contributed by atoms with Gasteiger partial charge in [-0.05, 0) is 24.6 Å². The van der Waals surface area contributed by atoms with Gasteiger partial charge in [0.15, 0.2) is 11.5 Å². The molecule has 1 aromatic carbocycles. The Kier molecular flexibility index (Phi) is 4.54. The lowest BCUT2D eigenvalue weighted by atomic mass is 10.1. The number of halogens is 1. The van der Waals surface area contributed by atoms with Gasteiger partial charge in [-0.3, -0.25) is 9.80 Å². The Hall–Kier alpha value is -1.01. The number of ether oxygens (including phenoxy) is 2. The van der Waals surface area contributed by atoms with Gasteiger partial charge in [-0.2, -0.15) is 0 Å². The molecule has 0 bridgehead atoms. The number of fused-ring (bicyclic) bond motifs is 1. The van der Waals surface area contributed by atoms with Crippen LogP contribution in [0.25, 0.3) is 0 Å². The molecule has 1 fully saturated rings. The first-order valence-electron chi connectivity index (χ1n) is 7.30. The molecule has 0 aliphatic carbocycles. The molecule has 0 radical (unpaired) electrons. The SMILES string of the molecule is CC(O)C(Cl)N1CCN(Cc2ccc3c(c2)OCO3)CC1. The van der Waals surface area contributed by atoms with Gasteiger partial charge >= 0.3 is 0 Å². The van der Waals surface area contributed by atoms with E-state index < -0.39 is 6.10 Å². The van der Waals surface area contributed by atoms with Crippen molar-refractivity contribution in [1.29, 1.82) is 0 Å². The summed E-state index contributed by atoms with van der Waals surface area (Å²) < 4.78 is 10.7. The molecule has 2 aliphatic rings. The third kappa shape index (κ3) is 3.43. The van der Waals surface area contributed by atoms with E-state index in [1.807, 2.05) is 6.07 Å². The van der Waals surface area contributed by atoms with Gasteiger partial charge in [-0.25, -0.2) is 0 Å². The van der Waals surface area contributed by atoms with Gasteiger partial charge in [0.05, 0.1) is 6.10 Å². The number of aliphatic hydroxyl groups is 1. The monoisotopic (exact) mass is 312 g/mol. The molecule has 2 aliphatic heterocycles. The lowest BCUT2D eigenvalue weighted by Gasteiger charge is -2.37. The third-order valence-electron chi connectivity index (χ3n) is 4.00. The zero-order chi connectivity index (χ0) is 14.8. The highest BCUT2D eigenvalue weighted by atomic mass is 35.5. The van der Waals surface area contributed by atoms with Crippen LogP contribution >= 0.6 is 11.6 Å². The normalized spacial score (nSPS) is 22.2. The van der Waals surface area contributed by atoms with Crippen molar-refractivity contribution >= 4 is 11.6 Å². The maximum atomic E-state index is 9.55. The van der Waals surface area contributed by atoms with Crippen molar-refractivity contribution in [3.8, 4) is 11.5 Å². The Bertz CT molecular complexity index is 490. The van der Waals surface area contributed by atoms with E-state index in [1.165, 1.54) is 5.56 Å². The minimum atomic E-state index is -0.507. The molecule has 0 aromatic heterocycles. The fourth-order valence-electron chi connectivity index (χ4n) is 2.77. The van der Waals surface area contributed by atoms with Gasteiger partial charge in [0.1, 0.15) is 5.50 Å². The molecule has 1 saturated heterocycles. The number of alkyl halides is 1. The fraction of sp³-hybridized carbons (Fsp3) is 0.600. The van der Waals surface area contributed by atoms with Crippen LogP contribution in [0.3, 0.4) is 0 Å². The van der Waals surface area contributed by atoms with E-state index in [0.717, 1.165) is 44.2 Å². The van der Waals surface area contributed by atoms with Crippen LogP contribution in [0, 0.1) is 0 Å². The summed E-state index contributed by atoms with van der Waals surface area (Å²) in [6.45, 7) is 6.60. The molecule has 5 nitrogen and oxygen atoms in total. The first-order valence-corrected chi connectivity index (χ1v) is 7.74. The summed E-state index contributed by atoms with van der Waals surface area (Å²) >= 11 is 6.19. The van der Waals surface area contributed by atoms with E-state index in [2.05, 4.69) is 21.9 Å². The van der Waals surface area contributed by atoms with Crippen molar-refractivity contribution in [1.82, 2.24) is 9.80 Å². The molecule has 116 valence electrons. The van der Waals surface area contributed by atoms with E-state index in [4.69, 9.17) is 21.1 Å². The summed E-state index contributed by atoms with van der Waals surface area (Å²) in [6, 6.07) is 6.10. The van der Waals surface area contributed by atoms with Crippen molar-refractivity contribution in [2.45, 2.75) is 25.1 Å². The number of piperazine rings is 1. The molecular formula is C15H21ClN2O3. The average molecular weight is 313 g/mol. The zero-order valence-corrected chi connectivity index (χ0v) is 12.9.